The number of aryl methyl sites for hydroxylation is 1. The first-order valence-corrected chi connectivity index (χ1v) is 8.74. The minimum Gasteiger partial charge on any atom is -0.360 e. The lowest BCUT2D eigenvalue weighted by Gasteiger charge is -2.33. The molecule has 7 heteroatoms. The molecule has 1 aromatic carbocycles. The molecular weight excluding hydrogens is 330 g/mol. The molecule has 1 aliphatic rings. The Labute approximate surface area is 151 Å². The van der Waals surface area contributed by atoms with Gasteiger partial charge in [-0.05, 0) is 13.0 Å². The summed E-state index contributed by atoms with van der Waals surface area (Å²) in [6.45, 7) is 5.64. The topological polar surface area (TPSA) is 78.3 Å². The van der Waals surface area contributed by atoms with Crippen molar-refractivity contribution in [3.05, 3.63) is 59.6 Å². The first kappa shape index (κ1) is 16.5. The van der Waals surface area contributed by atoms with E-state index in [0.29, 0.717) is 18.8 Å². The Kier molecular flexibility index (Phi) is 4.53. The molecular formula is C19H21N5O2. The summed E-state index contributed by atoms with van der Waals surface area (Å²) in [6, 6.07) is 13.6. The van der Waals surface area contributed by atoms with Crippen LogP contribution in [0.1, 0.15) is 21.9 Å². The highest BCUT2D eigenvalue weighted by Crippen LogP contribution is 2.18. The van der Waals surface area contributed by atoms with Crippen LogP contribution < -0.4 is 0 Å². The molecule has 0 aliphatic carbocycles. The van der Waals surface area contributed by atoms with E-state index in [1.807, 2.05) is 54.3 Å². The quantitative estimate of drug-likeness (QED) is 0.780. The van der Waals surface area contributed by atoms with E-state index < -0.39 is 0 Å². The number of carbonyl (C=O) groups excluding carboxylic acids is 1. The number of hydrogen-bond acceptors (Lipinski definition) is 5. The van der Waals surface area contributed by atoms with Crippen LogP contribution in [-0.2, 0) is 6.54 Å². The molecule has 3 aromatic rings. The lowest BCUT2D eigenvalue weighted by Crippen LogP contribution is -2.48. The third-order valence-corrected chi connectivity index (χ3v) is 4.59. The number of aromatic nitrogens is 3. The van der Waals surface area contributed by atoms with E-state index in [4.69, 9.17) is 4.52 Å². The number of rotatable bonds is 4. The Morgan fingerprint density at radius 1 is 1.15 bits per heavy atom. The number of carbonyl (C=O) groups is 1. The first-order valence-electron chi connectivity index (χ1n) is 8.74. The van der Waals surface area contributed by atoms with Crippen molar-refractivity contribution < 1.29 is 9.32 Å². The van der Waals surface area contributed by atoms with Gasteiger partial charge in [0, 0.05) is 37.8 Å². The maximum Gasteiger partial charge on any atom is 0.271 e. The van der Waals surface area contributed by atoms with Crippen molar-refractivity contribution >= 4 is 5.91 Å². The molecule has 7 nitrogen and oxygen atoms in total. The zero-order valence-corrected chi connectivity index (χ0v) is 14.7. The number of nitrogens with zero attached hydrogens (tertiary/aromatic N) is 4. The van der Waals surface area contributed by atoms with Crippen LogP contribution in [0.25, 0.3) is 11.3 Å². The molecule has 0 spiro atoms. The van der Waals surface area contributed by atoms with Gasteiger partial charge in [0.05, 0.1) is 17.9 Å². The van der Waals surface area contributed by atoms with Crippen LogP contribution >= 0.6 is 0 Å². The molecule has 0 radical (unpaired) electrons. The van der Waals surface area contributed by atoms with Gasteiger partial charge in [-0.1, -0.05) is 35.5 Å². The normalized spacial score (nSPS) is 15.3. The van der Waals surface area contributed by atoms with Crippen molar-refractivity contribution in [3.8, 4) is 11.3 Å². The molecule has 0 unspecified atom stereocenters. The van der Waals surface area contributed by atoms with Crippen molar-refractivity contribution in [3.63, 3.8) is 0 Å². The van der Waals surface area contributed by atoms with Crippen LogP contribution in [0.15, 0.2) is 47.0 Å². The zero-order valence-electron chi connectivity index (χ0n) is 14.7. The highest BCUT2D eigenvalue weighted by atomic mass is 16.5. The summed E-state index contributed by atoms with van der Waals surface area (Å²) in [5.74, 6) is 0.859. The standard InChI is InChI=1S/C19H21N5O2/c1-14-11-16(26-22-14)13-23-7-9-24(10-8-23)19(25)18-12-17(20-21-18)15-5-3-2-4-6-15/h2-6,11-12H,7-10,13H2,1H3,(H,20,21). The highest BCUT2D eigenvalue weighted by molar-refractivity contribution is 5.93. The number of hydrogen-bond donors (Lipinski definition) is 1. The molecule has 2 aromatic heterocycles. The summed E-state index contributed by atoms with van der Waals surface area (Å²) < 4.78 is 5.27. The Bertz CT molecular complexity index is 878. The average Bonchev–Trinajstić information content (AvgIpc) is 3.32. The SMILES string of the molecule is Cc1cc(CN2CCN(C(=O)c3cc(-c4ccccc4)n[nH]3)CC2)on1. The summed E-state index contributed by atoms with van der Waals surface area (Å²) in [5, 5.41) is 11.1. The fraction of sp³-hybridized carbons (Fsp3) is 0.316. The number of amides is 1. The highest BCUT2D eigenvalue weighted by Gasteiger charge is 2.24. The predicted octanol–water partition coefficient (Wildman–Crippen LogP) is 2.33. The van der Waals surface area contributed by atoms with Gasteiger partial charge in [0.15, 0.2) is 5.76 Å². The lowest BCUT2D eigenvalue weighted by molar-refractivity contribution is 0.0611. The second kappa shape index (κ2) is 7.13. The monoisotopic (exact) mass is 351 g/mol. The van der Waals surface area contributed by atoms with E-state index in [2.05, 4.69) is 20.3 Å². The number of H-pyrrole nitrogens is 1. The van der Waals surface area contributed by atoms with Crippen LogP contribution in [-0.4, -0.2) is 57.2 Å². The molecule has 1 fully saturated rings. The van der Waals surface area contributed by atoms with Gasteiger partial charge in [-0.15, -0.1) is 0 Å². The largest absolute Gasteiger partial charge is 0.360 e. The van der Waals surface area contributed by atoms with Gasteiger partial charge in [0.25, 0.3) is 5.91 Å². The minimum atomic E-state index is -0.00478. The number of benzene rings is 1. The minimum absolute atomic E-state index is 0.00478. The second-order valence-electron chi connectivity index (χ2n) is 6.54. The fourth-order valence-corrected chi connectivity index (χ4v) is 3.18. The van der Waals surface area contributed by atoms with Crippen LogP contribution in [0.5, 0.6) is 0 Å². The maximum atomic E-state index is 12.7. The summed E-state index contributed by atoms with van der Waals surface area (Å²) >= 11 is 0. The van der Waals surface area contributed by atoms with Gasteiger partial charge < -0.3 is 9.42 Å². The van der Waals surface area contributed by atoms with Gasteiger partial charge >= 0.3 is 0 Å². The van der Waals surface area contributed by atoms with E-state index in [1.54, 1.807) is 0 Å². The van der Waals surface area contributed by atoms with Crippen molar-refractivity contribution in [1.82, 2.24) is 25.2 Å². The molecule has 4 rings (SSSR count). The van der Waals surface area contributed by atoms with E-state index in [1.165, 1.54) is 0 Å². The van der Waals surface area contributed by atoms with E-state index in [0.717, 1.165) is 42.3 Å². The molecule has 134 valence electrons. The van der Waals surface area contributed by atoms with Crippen molar-refractivity contribution in [2.75, 3.05) is 26.2 Å². The molecule has 0 bridgehead atoms. The van der Waals surface area contributed by atoms with Crippen LogP contribution in [0.2, 0.25) is 0 Å². The summed E-state index contributed by atoms with van der Waals surface area (Å²) in [4.78, 5) is 16.9. The van der Waals surface area contributed by atoms with Crippen molar-refractivity contribution in [2.24, 2.45) is 0 Å². The zero-order chi connectivity index (χ0) is 17.9. The first-order chi connectivity index (χ1) is 12.7. The maximum absolute atomic E-state index is 12.7. The summed E-state index contributed by atoms with van der Waals surface area (Å²) in [6.07, 6.45) is 0. The Morgan fingerprint density at radius 2 is 1.92 bits per heavy atom. The molecule has 3 heterocycles. The molecule has 1 saturated heterocycles. The van der Waals surface area contributed by atoms with Gasteiger partial charge in [0.2, 0.25) is 0 Å². The Hall–Kier alpha value is -2.93. The average molecular weight is 351 g/mol. The molecule has 0 atom stereocenters. The smallest absolute Gasteiger partial charge is 0.271 e. The molecule has 1 N–H and O–H groups in total. The third kappa shape index (κ3) is 3.52. The van der Waals surface area contributed by atoms with Gasteiger partial charge in [0.1, 0.15) is 5.69 Å². The van der Waals surface area contributed by atoms with E-state index in [9.17, 15) is 4.79 Å². The molecule has 0 saturated carbocycles. The number of aromatic amines is 1. The Balaban J connectivity index is 1.36. The van der Waals surface area contributed by atoms with Gasteiger partial charge in [-0.2, -0.15) is 5.10 Å². The molecule has 26 heavy (non-hydrogen) atoms. The number of piperazine rings is 1. The second-order valence-corrected chi connectivity index (χ2v) is 6.54. The third-order valence-electron chi connectivity index (χ3n) is 4.59. The van der Waals surface area contributed by atoms with Crippen LogP contribution in [0, 0.1) is 6.92 Å². The van der Waals surface area contributed by atoms with Crippen LogP contribution in [0.4, 0.5) is 0 Å². The predicted molar refractivity (Wildman–Crippen MR) is 96.4 cm³/mol. The van der Waals surface area contributed by atoms with Gasteiger partial charge in [-0.25, -0.2) is 0 Å². The Morgan fingerprint density at radius 3 is 2.62 bits per heavy atom. The van der Waals surface area contributed by atoms with E-state index in [-0.39, 0.29) is 5.91 Å². The fourth-order valence-electron chi connectivity index (χ4n) is 3.18. The lowest BCUT2D eigenvalue weighted by atomic mass is 10.1. The van der Waals surface area contributed by atoms with Crippen molar-refractivity contribution in [1.29, 1.82) is 0 Å². The van der Waals surface area contributed by atoms with Gasteiger partial charge in [-0.3, -0.25) is 14.8 Å². The van der Waals surface area contributed by atoms with E-state index >= 15 is 0 Å². The molecule has 1 aliphatic heterocycles. The van der Waals surface area contributed by atoms with Crippen molar-refractivity contribution in [2.45, 2.75) is 13.5 Å². The van der Waals surface area contributed by atoms with Crippen LogP contribution in [0.3, 0.4) is 0 Å². The summed E-state index contributed by atoms with van der Waals surface area (Å²) in [5.41, 5.74) is 3.20. The summed E-state index contributed by atoms with van der Waals surface area (Å²) in [7, 11) is 0. The number of nitrogens with one attached hydrogen (secondary N) is 1. The molecule has 1 amide bonds.